The highest BCUT2D eigenvalue weighted by Crippen LogP contribution is 2.19. The molecule has 7 nitrogen and oxygen atoms in total. The van der Waals surface area contributed by atoms with Crippen molar-refractivity contribution in [3.05, 3.63) is 46.8 Å². The van der Waals surface area contributed by atoms with E-state index >= 15 is 0 Å². The van der Waals surface area contributed by atoms with Crippen LogP contribution in [0.5, 0.6) is 5.75 Å². The van der Waals surface area contributed by atoms with Crippen LogP contribution in [0.1, 0.15) is 27.4 Å². The number of ether oxygens (including phenoxy) is 2. The smallest absolute Gasteiger partial charge is 0.274 e. The minimum atomic E-state index is -0.244. The first-order valence-corrected chi connectivity index (χ1v) is 8.34. The zero-order chi connectivity index (χ0) is 17.6. The van der Waals surface area contributed by atoms with Crippen LogP contribution in [-0.4, -0.2) is 49.4 Å². The highest BCUT2D eigenvalue weighted by atomic mass is 16.5. The van der Waals surface area contributed by atoms with Crippen molar-refractivity contribution in [2.24, 2.45) is 0 Å². The molecule has 7 heteroatoms. The van der Waals surface area contributed by atoms with E-state index in [9.17, 15) is 4.79 Å². The number of aromatic nitrogens is 1. The standard InChI is InChI=1S/C18H23N3O4/c1-13-15(12-21-7-9-24-10-8-21)17(20-25-13)18(22)19-11-14-5-3-4-6-16(14)23-2/h3-6H,7-12H2,1-2H3,(H,19,22). The van der Waals surface area contributed by atoms with Crippen LogP contribution in [-0.2, 0) is 17.8 Å². The Kier molecular flexibility index (Phi) is 5.67. The van der Waals surface area contributed by atoms with Crippen molar-refractivity contribution < 1.29 is 18.8 Å². The number of carbonyl (C=O) groups is 1. The topological polar surface area (TPSA) is 76.8 Å². The third kappa shape index (κ3) is 4.18. The first-order chi connectivity index (χ1) is 12.2. The molecule has 25 heavy (non-hydrogen) atoms. The van der Waals surface area contributed by atoms with Crippen molar-refractivity contribution in [1.29, 1.82) is 0 Å². The molecule has 134 valence electrons. The fourth-order valence-corrected chi connectivity index (χ4v) is 2.85. The number of rotatable bonds is 6. The summed E-state index contributed by atoms with van der Waals surface area (Å²) in [5.41, 5.74) is 2.09. The van der Waals surface area contributed by atoms with E-state index in [0.717, 1.165) is 30.0 Å². The minimum absolute atomic E-state index is 0.244. The van der Waals surface area contributed by atoms with Crippen LogP contribution >= 0.6 is 0 Å². The number of para-hydroxylation sites is 1. The molecular formula is C18H23N3O4. The van der Waals surface area contributed by atoms with Gasteiger partial charge in [-0.2, -0.15) is 0 Å². The lowest BCUT2D eigenvalue weighted by Crippen LogP contribution is -2.36. The molecule has 1 aliphatic rings. The van der Waals surface area contributed by atoms with Crippen LogP contribution in [0.15, 0.2) is 28.8 Å². The number of benzene rings is 1. The lowest BCUT2D eigenvalue weighted by atomic mass is 10.1. The van der Waals surface area contributed by atoms with Gasteiger partial charge in [-0.3, -0.25) is 9.69 Å². The maximum Gasteiger partial charge on any atom is 0.274 e. The number of carbonyl (C=O) groups excluding carboxylic acids is 1. The fraction of sp³-hybridized carbons (Fsp3) is 0.444. The Morgan fingerprint density at radius 2 is 2.08 bits per heavy atom. The second kappa shape index (κ2) is 8.13. The van der Waals surface area contributed by atoms with Crippen molar-refractivity contribution in [3.63, 3.8) is 0 Å². The molecule has 1 N–H and O–H groups in total. The van der Waals surface area contributed by atoms with Crippen LogP contribution < -0.4 is 10.1 Å². The van der Waals surface area contributed by atoms with E-state index in [1.807, 2.05) is 31.2 Å². The zero-order valence-electron chi connectivity index (χ0n) is 14.6. The minimum Gasteiger partial charge on any atom is -0.496 e. The van der Waals surface area contributed by atoms with Gasteiger partial charge in [-0.25, -0.2) is 0 Å². The van der Waals surface area contributed by atoms with Gasteiger partial charge in [0.15, 0.2) is 5.69 Å². The van der Waals surface area contributed by atoms with E-state index in [0.29, 0.717) is 37.8 Å². The molecule has 0 bridgehead atoms. The molecule has 0 aliphatic carbocycles. The summed E-state index contributed by atoms with van der Waals surface area (Å²) in [6.45, 7) is 5.93. The van der Waals surface area contributed by atoms with Crippen molar-refractivity contribution in [2.45, 2.75) is 20.0 Å². The molecule has 1 amide bonds. The quantitative estimate of drug-likeness (QED) is 0.860. The van der Waals surface area contributed by atoms with Gasteiger partial charge in [0.25, 0.3) is 5.91 Å². The Bertz CT molecular complexity index is 723. The molecule has 0 atom stereocenters. The number of hydrogen-bond acceptors (Lipinski definition) is 6. The van der Waals surface area contributed by atoms with E-state index in [1.165, 1.54) is 0 Å². The number of aryl methyl sites for hydroxylation is 1. The first kappa shape index (κ1) is 17.4. The van der Waals surface area contributed by atoms with Gasteiger partial charge in [-0.05, 0) is 13.0 Å². The average molecular weight is 345 g/mol. The molecule has 1 fully saturated rings. The number of nitrogens with one attached hydrogen (secondary N) is 1. The van der Waals surface area contributed by atoms with E-state index in [2.05, 4.69) is 15.4 Å². The summed E-state index contributed by atoms with van der Waals surface area (Å²) in [4.78, 5) is 14.8. The third-order valence-electron chi connectivity index (χ3n) is 4.32. The van der Waals surface area contributed by atoms with Gasteiger partial charge in [0.2, 0.25) is 0 Å². The van der Waals surface area contributed by atoms with Crippen LogP contribution in [0.25, 0.3) is 0 Å². The largest absolute Gasteiger partial charge is 0.496 e. The summed E-state index contributed by atoms with van der Waals surface area (Å²) >= 11 is 0. The van der Waals surface area contributed by atoms with E-state index < -0.39 is 0 Å². The Balaban J connectivity index is 1.67. The van der Waals surface area contributed by atoms with Crippen LogP contribution in [0, 0.1) is 6.92 Å². The highest BCUT2D eigenvalue weighted by Gasteiger charge is 2.22. The van der Waals surface area contributed by atoms with Gasteiger partial charge in [0.05, 0.1) is 20.3 Å². The van der Waals surface area contributed by atoms with Crippen molar-refractivity contribution in [3.8, 4) is 5.75 Å². The molecule has 1 aromatic heterocycles. The normalized spacial score (nSPS) is 15.1. The molecule has 0 spiro atoms. The van der Waals surface area contributed by atoms with E-state index in [-0.39, 0.29) is 5.91 Å². The highest BCUT2D eigenvalue weighted by molar-refractivity contribution is 5.93. The number of hydrogen-bond donors (Lipinski definition) is 1. The molecule has 2 heterocycles. The maximum atomic E-state index is 12.6. The summed E-state index contributed by atoms with van der Waals surface area (Å²) in [5, 5.41) is 6.86. The molecule has 1 aromatic carbocycles. The summed E-state index contributed by atoms with van der Waals surface area (Å²) in [7, 11) is 1.61. The van der Waals surface area contributed by atoms with E-state index in [4.69, 9.17) is 14.0 Å². The second-order valence-corrected chi connectivity index (χ2v) is 5.95. The molecule has 2 aromatic rings. The SMILES string of the molecule is COc1ccccc1CNC(=O)c1noc(C)c1CN1CCOCC1. The first-order valence-electron chi connectivity index (χ1n) is 8.34. The Morgan fingerprint density at radius 1 is 1.32 bits per heavy atom. The van der Waals surface area contributed by atoms with Crippen LogP contribution in [0.2, 0.25) is 0 Å². The molecule has 0 radical (unpaired) electrons. The molecule has 3 rings (SSSR count). The molecule has 0 unspecified atom stereocenters. The zero-order valence-corrected chi connectivity index (χ0v) is 14.6. The van der Waals surface area contributed by atoms with Gasteiger partial charge < -0.3 is 19.3 Å². The average Bonchev–Trinajstić information content (AvgIpc) is 3.01. The number of nitrogens with zero attached hydrogens (tertiary/aromatic N) is 2. The third-order valence-corrected chi connectivity index (χ3v) is 4.32. The number of morpholine rings is 1. The number of methoxy groups -OCH3 is 1. The van der Waals surface area contributed by atoms with Crippen LogP contribution in [0.4, 0.5) is 0 Å². The summed E-state index contributed by atoms with van der Waals surface area (Å²) in [5.74, 6) is 1.17. The van der Waals surface area contributed by atoms with Gasteiger partial charge in [-0.1, -0.05) is 23.4 Å². The predicted molar refractivity (Wildman–Crippen MR) is 91.5 cm³/mol. The molecule has 0 saturated carbocycles. The van der Waals surface area contributed by atoms with Gasteiger partial charge in [0, 0.05) is 37.3 Å². The molecule has 1 saturated heterocycles. The number of amides is 1. The molecule has 1 aliphatic heterocycles. The molecular weight excluding hydrogens is 322 g/mol. The van der Waals surface area contributed by atoms with Crippen molar-refractivity contribution in [2.75, 3.05) is 33.4 Å². The van der Waals surface area contributed by atoms with E-state index in [1.54, 1.807) is 7.11 Å². The van der Waals surface area contributed by atoms with Gasteiger partial charge in [0.1, 0.15) is 11.5 Å². The summed E-state index contributed by atoms with van der Waals surface area (Å²) in [6, 6.07) is 7.59. The summed E-state index contributed by atoms with van der Waals surface area (Å²) < 4.78 is 15.9. The Morgan fingerprint density at radius 3 is 2.84 bits per heavy atom. The predicted octanol–water partition coefficient (Wildman–Crippen LogP) is 1.75. The Labute approximate surface area is 146 Å². The second-order valence-electron chi connectivity index (χ2n) is 5.95. The van der Waals surface area contributed by atoms with Gasteiger partial charge in [-0.15, -0.1) is 0 Å². The van der Waals surface area contributed by atoms with Crippen molar-refractivity contribution >= 4 is 5.91 Å². The monoisotopic (exact) mass is 345 g/mol. The van der Waals surface area contributed by atoms with Crippen molar-refractivity contribution in [1.82, 2.24) is 15.4 Å². The van der Waals surface area contributed by atoms with Gasteiger partial charge >= 0.3 is 0 Å². The lowest BCUT2D eigenvalue weighted by Gasteiger charge is -2.26. The fourth-order valence-electron chi connectivity index (χ4n) is 2.85. The van der Waals surface area contributed by atoms with Crippen LogP contribution in [0.3, 0.4) is 0 Å². The maximum absolute atomic E-state index is 12.6. The Hall–Kier alpha value is -2.38. The lowest BCUT2D eigenvalue weighted by molar-refractivity contribution is 0.0339. The summed E-state index contributed by atoms with van der Waals surface area (Å²) in [6.07, 6.45) is 0.